The Kier molecular flexibility index (Phi) is 5.80. The van der Waals surface area contributed by atoms with Gasteiger partial charge in [0.05, 0.1) is 13.0 Å². The Balaban J connectivity index is 2.50. The molecule has 0 saturated carbocycles. The number of aryl methyl sites for hydroxylation is 3. The average molecular weight is 345 g/mol. The summed E-state index contributed by atoms with van der Waals surface area (Å²) in [4.78, 5) is 11.7. The summed E-state index contributed by atoms with van der Waals surface area (Å²) in [7, 11) is 0. The lowest BCUT2D eigenvalue weighted by Gasteiger charge is -2.17. The van der Waals surface area contributed by atoms with Crippen molar-refractivity contribution in [3.63, 3.8) is 0 Å². The Morgan fingerprint density at radius 2 is 1.88 bits per heavy atom. The molecule has 5 heteroatoms. The SMILES string of the molecule is CCOC(=O)C[C@H](N)c1cc(-c2c(C)cc(C)cc2O)cc(C)c1F. The van der Waals surface area contributed by atoms with Crippen LogP contribution in [0, 0.1) is 26.6 Å². The lowest BCUT2D eigenvalue weighted by atomic mass is 9.92. The predicted molar refractivity (Wildman–Crippen MR) is 95.9 cm³/mol. The number of aromatic hydroxyl groups is 1. The number of rotatable bonds is 5. The van der Waals surface area contributed by atoms with Gasteiger partial charge < -0.3 is 15.6 Å². The number of phenolic OH excluding ortho intramolecular Hbond substituents is 1. The van der Waals surface area contributed by atoms with Crippen molar-refractivity contribution >= 4 is 5.97 Å². The zero-order valence-electron chi connectivity index (χ0n) is 15.0. The van der Waals surface area contributed by atoms with Crippen LogP contribution in [0.3, 0.4) is 0 Å². The summed E-state index contributed by atoms with van der Waals surface area (Å²) < 4.78 is 19.4. The minimum atomic E-state index is -0.814. The van der Waals surface area contributed by atoms with Crippen molar-refractivity contribution in [2.75, 3.05) is 6.61 Å². The van der Waals surface area contributed by atoms with Crippen LogP contribution in [0.4, 0.5) is 4.39 Å². The fourth-order valence-corrected chi connectivity index (χ4v) is 3.04. The molecule has 2 aromatic carbocycles. The van der Waals surface area contributed by atoms with Crippen LogP contribution in [0.15, 0.2) is 24.3 Å². The number of phenols is 1. The Morgan fingerprint density at radius 1 is 1.20 bits per heavy atom. The van der Waals surface area contributed by atoms with E-state index in [4.69, 9.17) is 10.5 Å². The fourth-order valence-electron chi connectivity index (χ4n) is 3.04. The quantitative estimate of drug-likeness (QED) is 0.801. The smallest absolute Gasteiger partial charge is 0.307 e. The van der Waals surface area contributed by atoms with Gasteiger partial charge >= 0.3 is 5.97 Å². The van der Waals surface area contributed by atoms with Gasteiger partial charge in [0.2, 0.25) is 0 Å². The molecular weight excluding hydrogens is 321 g/mol. The van der Waals surface area contributed by atoms with Crippen LogP contribution >= 0.6 is 0 Å². The van der Waals surface area contributed by atoms with E-state index in [0.29, 0.717) is 16.7 Å². The summed E-state index contributed by atoms with van der Waals surface area (Å²) in [6.45, 7) is 7.38. The van der Waals surface area contributed by atoms with Crippen molar-refractivity contribution in [2.24, 2.45) is 5.73 Å². The van der Waals surface area contributed by atoms with Crippen LogP contribution in [-0.2, 0) is 9.53 Å². The number of nitrogens with two attached hydrogens (primary N) is 1. The first-order chi connectivity index (χ1) is 11.7. The molecular formula is C20H24FNO3. The maximum absolute atomic E-state index is 14.6. The molecule has 0 aliphatic rings. The van der Waals surface area contributed by atoms with Crippen LogP contribution in [0.2, 0.25) is 0 Å². The minimum absolute atomic E-state index is 0.105. The maximum Gasteiger partial charge on any atom is 0.307 e. The molecule has 2 aromatic rings. The largest absolute Gasteiger partial charge is 0.507 e. The lowest BCUT2D eigenvalue weighted by Crippen LogP contribution is -2.19. The van der Waals surface area contributed by atoms with Crippen molar-refractivity contribution in [1.82, 2.24) is 0 Å². The highest BCUT2D eigenvalue weighted by atomic mass is 19.1. The fraction of sp³-hybridized carbons (Fsp3) is 0.350. The molecule has 0 spiro atoms. The third kappa shape index (κ3) is 4.17. The number of carbonyl (C=O) groups excluding carboxylic acids is 1. The first-order valence-electron chi connectivity index (χ1n) is 8.26. The first kappa shape index (κ1) is 18.9. The van der Waals surface area contributed by atoms with E-state index < -0.39 is 17.8 Å². The van der Waals surface area contributed by atoms with Crippen molar-refractivity contribution < 1.29 is 19.0 Å². The van der Waals surface area contributed by atoms with E-state index >= 15 is 0 Å². The summed E-state index contributed by atoms with van der Waals surface area (Å²) in [6, 6.07) is 6.08. The van der Waals surface area contributed by atoms with Gasteiger partial charge in [0, 0.05) is 17.2 Å². The van der Waals surface area contributed by atoms with Crippen LogP contribution in [0.5, 0.6) is 5.75 Å². The molecule has 3 N–H and O–H groups in total. The van der Waals surface area contributed by atoms with Crippen molar-refractivity contribution in [2.45, 2.75) is 40.2 Å². The van der Waals surface area contributed by atoms with E-state index in [1.165, 1.54) is 0 Å². The molecule has 25 heavy (non-hydrogen) atoms. The standard InChI is InChI=1S/C20H24FNO3/c1-5-25-18(24)10-16(22)15-9-14(8-13(4)20(15)21)19-12(3)6-11(2)7-17(19)23/h6-9,16,23H,5,10,22H2,1-4H3/t16-/m0/s1. The number of hydrogen-bond acceptors (Lipinski definition) is 4. The van der Waals surface area contributed by atoms with E-state index in [0.717, 1.165) is 11.1 Å². The zero-order valence-corrected chi connectivity index (χ0v) is 15.0. The summed E-state index contributed by atoms with van der Waals surface area (Å²) in [5.41, 5.74) is 9.82. The minimum Gasteiger partial charge on any atom is -0.507 e. The highest BCUT2D eigenvalue weighted by Crippen LogP contribution is 2.36. The zero-order chi connectivity index (χ0) is 18.7. The van der Waals surface area contributed by atoms with E-state index in [9.17, 15) is 14.3 Å². The second-order valence-corrected chi connectivity index (χ2v) is 6.29. The van der Waals surface area contributed by atoms with Crippen molar-refractivity contribution in [3.05, 3.63) is 52.3 Å². The molecule has 0 amide bonds. The van der Waals surface area contributed by atoms with Crippen LogP contribution < -0.4 is 5.73 Å². The van der Waals surface area contributed by atoms with Gasteiger partial charge in [-0.05, 0) is 68.1 Å². The molecule has 0 bridgehead atoms. The molecule has 0 heterocycles. The molecule has 0 unspecified atom stereocenters. The van der Waals surface area contributed by atoms with Gasteiger partial charge in [-0.15, -0.1) is 0 Å². The van der Waals surface area contributed by atoms with Gasteiger partial charge in [0.15, 0.2) is 0 Å². The maximum atomic E-state index is 14.6. The second kappa shape index (κ2) is 7.66. The molecule has 2 rings (SSSR count). The highest BCUT2D eigenvalue weighted by molar-refractivity contribution is 5.76. The van der Waals surface area contributed by atoms with Crippen molar-refractivity contribution in [1.29, 1.82) is 0 Å². The van der Waals surface area contributed by atoms with E-state index in [1.807, 2.05) is 19.9 Å². The molecule has 134 valence electrons. The first-order valence-corrected chi connectivity index (χ1v) is 8.26. The topological polar surface area (TPSA) is 72.5 Å². The van der Waals surface area contributed by atoms with Crippen LogP contribution in [-0.4, -0.2) is 17.7 Å². The molecule has 0 aromatic heterocycles. The van der Waals surface area contributed by atoms with E-state index in [1.54, 1.807) is 32.0 Å². The Hall–Kier alpha value is -2.40. The summed E-state index contributed by atoms with van der Waals surface area (Å²) in [5.74, 6) is -0.773. The molecule has 1 atom stereocenters. The molecule has 0 radical (unpaired) electrons. The van der Waals surface area contributed by atoms with Gasteiger partial charge in [-0.3, -0.25) is 4.79 Å². The number of benzene rings is 2. The number of esters is 1. The second-order valence-electron chi connectivity index (χ2n) is 6.29. The average Bonchev–Trinajstić information content (AvgIpc) is 2.49. The Labute approximate surface area is 147 Å². The molecule has 0 saturated heterocycles. The Bertz CT molecular complexity index is 779. The summed E-state index contributed by atoms with van der Waals surface area (Å²) >= 11 is 0. The molecule has 0 fully saturated rings. The summed E-state index contributed by atoms with van der Waals surface area (Å²) in [5, 5.41) is 10.3. The van der Waals surface area contributed by atoms with E-state index in [2.05, 4.69) is 0 Å². The van der Waals surface area contributed by atoms with Gasteiger partial charge in [0.1, 0.15) is 11.6 Å². The van der Waals surface area contributed by atoms with Crippen LogP contribution in [0.25, 0.3) is 11.1 Å². The highest BCUT2D eigenvalue weighted by Gasteiger charge is 2.20. The van der Waals surface area contributed by atoms with Gasteiger partial charge in [-0.25, -0.2) is 4.39 Å². The van der Waals surface area contributed by atoms with E-state index in [-0.39, 0.29) is 24.3 Å². The molecule has 4 nitrogen and oxygen atoms in total. The number of halogens is 1. The van der Waals surface area contributed by atoms with Gasteiger partial charge in [0.25, 0.3) is 0 Å². The number of ether oxygens (including phenoxy) is 1. The number of hydrogen-bond donors (Lipinski definition) is 2. The van der Waals surface area contributed by atoms with Gasteiger partial charge in [-0.1, -0.05) is 6.07 Å². The monoisotopic (exact) mass is 345 g/mol. The summed E-state index contributed by atoms with van der Waals surface area (Å²) in [6.07, 6.45) is -0.105. The predicted octanol–water partition coefficient (Wildman–Crippen LogP) is 4.08. The lowest BCUT2D eigenvalue weighted by molar-refractivity contribution is -0.143. The number of carbonyl (C=O) groups is 1. The third-order valence-corrected chi connectivity index (χ3v) is 4.12. The molecule has 0 aliphatic heterocycles. The van der Waals surface area contributed by atoms with Crippen molar-refractivity contribution in [3.8, 4) is 16.9 Å². The molecule has 0 aliphatic carbocycles. The van der Waals surface area contributed by atoms with Gasteiger partial charge in [-0.2, -0.15) is 0 Å². The Morgan fingerprint density at radius 3 is 2.48 bits per heavy atom. The normalized spacial score (nSPS) is 12.1. The third-order valence-electron chi connectivity index (χ3n) is 4.12. The van der Waals surface area contributed by atoms with Crippen LogP contribution in [0.1, 0.15) is 41.6 Å².